The predicted octanol–water partition coefficient (Wildman–Crippen LogP) is 0.689. The lowest BCUT2D eigenvalue weighted by Gasteiger charge is -2.26. The van der Waals surface area contributed by atoms with Gasteiger partial charge in [0.15, 0.2) is 0 Å². The minimum atomic E-state index is -0.905. The van der Waals surface area contributed by atoms with E-state index in [4.69, 9.17) is 0 Å². The zero-order valence-corrected chi connectivity index (χ0v) is 9.10. The van der Waals surface area contributed by atoms with Crippen molar-refractivity contribution in [3.8, 4) is 0 Å². The van der Waals surface area contributed by atoms with Crippen molar-refractivity contribution < 1.29 is 8.60 Å². The summed E-state index contributed by atoms with van der Waals surface area (Å²) in [6.45, 7) is 1.90. The van der Waals surface area contributed by atoms with Crippen LogP contribution in [0.15, 0.2) is 18.5 Å². The standard InChI is InChI=1S/C10H13FN2OS/c11-10-1-8(2-13-5-10)6-15(14)7-9-3-12-4-9/h1-2,5,9,12H,3-4,6-7H2. The highest BCUT2D eigenvalue weighted by molar-refractivity contribution is 7.84. The van der Waals surface area contributed by atoms with Crippen molar-refractivity contribution >= 4 is 10.8 Å². The molecule has 1 aromatic heterocycles. The van der Waals surface area contributed by atoms with E-state index in [1.807, 2.05) is 0 Å². The lowest BCUT2D eigenvalue weighted by atomic mass is 10.1. The Kier molecular flexibility index (Phi) is 3.43. The number of halogens is 1. The van der Waals surface area contributed by atoms with Crippen LogP contribution in [0.5, 0.6) is 0 Å². The van der Waals surface area contributed by atoms with Crippen molar-refractivity contribution in [1.82, 2.24) is 10.3 Å². The van der Waals surface area contributed by atoms with Crippen LogP contribution < -0.4 is 5.32 Å². The van der Waals surface area contributed by atoms with E-state index in [0.29, 0.717) is 23.0 Å². The second-order valence-electron chi connectivity index (χ2n) is 3.79. The lowest BCUT2D eigenvalue weighted by molar-refractivity contribution is 0.382. The summed E-state index contributed by atoms with van der Waals surface area (Å²) in [6, 6.07) is 1.39. The molecule has 2 rings (SSSR count). The zero-order chi connectivity index (χ0) is 10.7. The molecule has 1 aliphatic rings. The van der Waals surface area contributed by atoms with Crippen molar-refractivity contribution in [2.45, 2.75) is 5.75 Å². The van der Waals surface area contributed by atoms with E-state index >= 15 is 0 Å². The molecule has 0 saturated carbocycles. The normalized spacial score (nSPS) is 18.5. The zero-order valence-electron chi connectivity index (χ0n) is 8.28. The number of aromatic nitrogens is 1. The lowest BCUT2D eigenvalue weighted by Crippen LogP contribution is -2.44. The fourth-order valence-electron chi connectivity index (χ4n) is 1.51. The van der Waals surface area contributed by atoms with Gasteiger partial charge in [0.25, 0.3) is 0 Å². The molecule has 3 nitrogen and oxygen atoms in total. The summed E-state index contributed by atoms with van der Waals surface area (Å²) in [5.74, 6) is 1.26. The van der Waals surface area contributed by atoms with E-state index < -0.39 is 10.8 Å². The third-order valence-corrected chi connectivity index (χ3v) is 3.88. The fraction of sp³-hybridized carbons (Fsp3) is 0.500. The van der Waals surface area contributed by atoms with E-state index in [0.717, 1.165) is 19.3 Å². The first-order valence-electron chi connectivity index (χ1n) is 4.89. The van der Waals surface area contributed by atoms with Crippen LogP contribution in [-0.2, 0) is 16.6 Å². The molecule has 1 saturated heterocycles. The van der Waals surface area contributed by atoms with Crippen LogP contribution in [0.1, 0.15) is 5.56 Å². The van der Waals surface area contributed by atoms with Gasteiger partial charge in [-0.05, 0) is 17.5 Å². The van der Waals surface area contributed by atoms with Crippen LogP contribution in [0.4, 0.5) is 4.39 Å². The highest BCUT2D eigenvalue weighted by atomic mass is 32.2. The van der Waals surface area contributed by atoms with E-state index in [-0.39, 0.29) is 5.82 Å². The molecule has 1 aromatic rings. The topological polar surface area (TPSA) is 42.0 Å². The monoisotopic (exact) mass is 228 g/mol. The first-order valence-corrected chi connectivity index (χ1v) is 6.38. The predicted molar refractivity (Wildman–Crippen MR) is 57.3 cm³/mol. The summed E-state index contributed by atoms with van der Waals surface area (Å²) in [5.41, 5.74) is 0.709. The Bertz CT molecular complexity index is 368. The molecular weight excluding hydrogens is 215 g/mol. The molecule has 0 amide bonds. The van der Waals surface area contributed by atoms with E-state index in [9.17, 15) is 8.60 Å². The van der Waals surface area contributed by atoms with Crippen molar-refractivity contribution in [3.05, 3.63) is 29.8 Å². The molecule has 0 spiro atoms. The smallest absolute Gasteiger partial charge is 0.141 e. The van der Waals surface area contributed by atoms with Gasteiger partial charge in [-0.15, -0.1) is 0 Å². The van der Waals surface area contributed by atoms with E-state index in [2.05, 4.69) is 10.3 Å². The maximum absolute atomic E-state index is 12.8. The molecule has 1 unspecified atom stereocenters. The number of hydrogen-bond donors (Lipinski definition) is 1. The molecule has 5 heteroatoms. The molecule has 0 aliphatic carbocycles. The van der Waals surface area contributed by atoms with Crippen LogP contribution in [-0.4, -0.2) is 28.0 Å². The maximum atomic E-state index is 12.8. The minimum absolute atomic E-state index is 0.366. The van der Waals surface area contributed by atoms with Crippen molar-refractivity contribution in [2.24, 2.45) is 5.92 Å². The molecule has 15 heavy (non-hydrogen) atoms. The Morgan fingerprint density at radius 3 is 2.93 bits per heavy atom. The Labute approximate surface area is 90.6 Å². The number of nitrogens with one attached hydrogen (secondary N) is 1. The Morgan fingerprint density at radius 1 is 1.53 bits per heavy atom. The number of rotatable bonds is 4. The quantitative estimate of drug-likeness (QED) is 0.824. The molecular formula is C10H13FN2OS. The largest absolute Gasteiger partial charge is 0.316 e. The molecule has 1 aliphatic heterocycles. The molecule has 0 radical (unpaired) electrons. The fourth-order valence-corrected chi connectivity index (χ4v) is 2.92. The molecule has 0 aromatic carbocycles. The van der Waals surface area contributed by atoms with Crippen molar-refractivity contribution in [1.29, 1.82) is 0 Å². The van der Waals surface area contributed by atoms with Gasteiger partial charge >= 0.3 is 0 Å². The van der Waals surface area contributed by atoms with Gasteiger partial charge in [0.2, 0.25) is 0 Å². The van der Waals surface area contributed by atoms with Crippen molar-refractivity contribution in [3.63, 3.8) is 0 Å². The summed E-state index contributed by atoms with van der Waals surface area (Å²) in [4.78, 5) is 3.73. The third kappa shape index (κ3) is 3.07. The summed E-state index contributed by atoms with van der Waals surface area (Å²) >= 11 is 0. The Morgan fingerprint density at radius 2 is 2.33 bits per heavy atom. The number of nitrogens with zero attached hydrogens (tertiary/aromatic N) is 1. The van der Waals surface area contributed by atoms with Gasteiger partial charge in [-0.1, -0.05) is 0 Å². The second-order valence-corrected chi connectivity index (χ2v) is 5.29. The first-order chi connectivity index (χ1) is 7.24. The molecule has 2 heterocycles. The molecule has 1 N–H and O–H groups in total. The Balaban J connectivity index is 1.87. The van der Waals surface area contributed by atoms with Gasteiger partial charge in [-0.3, -0.25) is 9.19 Å². The highest BCUT2D eigenvalue weighted by Gasteiger charge is 2.19. The van der Waals surface area contributed by atoms with Crippen molar-refractivity contribution in [2.75, 3.05) is 18.8 Å². The van der Waals surface area contributed by atoms with Crippen LogP contribution in [0, 0.1) is 11.7 Å². The number of pyridine rings is 1. The molecule has 1 fully saturated rings. The molecule has 0 bridgehead atoms. The van der Waals surface area contributed by atoms with Gasteiger partial charge in [-0.2, -0.15) is 0 Å². The highest BCUT2D eigenvalue weighted by Crippen LogP contribution is 2.09. The first kappa shape index (κ1) is 10.7. The summed E-state index contributed by atoms with van der Waals surface area (Å²) in [7, 11) is -0.905. The van der Waals surface area contributed by atoms with Crippen LogP contribution in [0.2, 0.25) is 0 Å². The van der Waals surface area contributed by atoms with E-state index in [1.54, 1.807) is 6.20 Å². The van der Waals surface area contributed by atoms with Gasteiger partial charge < -0.3 is 5.32 Å². The van der Waals surface area contributed by atoms with Gasteiger partial charge in [0.05, 0.1) is 11.9 Å². The maximum Gasteiger partial charge on any atom is 0.141 e. The third-order valence-electron chi connectivity index (χ3n) is 2.38. The SMILES string of the molecule is O=S(Cc1cncc(F)c1)CC1CNC1. The second kappa shape index (κ2) is 4.81. The summed E-state index contributed by atoms with van der Waals surface area (Å²) in [5, 5.41) is 3.13. The van der Waals surface area contributed by atoms with E-state index in [1.165, 1.54) is 6.07 Å². The summed E-state index contributed by atoms with van der Waals surface area (Å²) in [6.07, 6.45) is 2.72. The average Bonchev–Trinajstić information content (AvgIpc) is 2.11. The van der Waals surface area contributed by atoms with Crippen LogP contribution >= 0.6 is 0 Å². The van der Waals surface area contributed by atoms with Gasteiger partial charge in [0, 0.05) is 35.8 Å². The molecule has 82 valence electrons. The summed E-state index contributed by atoms with van der Waals surface area (Å²) < 4.78 is 24.4. The number of hydrogen-bond acceptors (Lipinski definition) is 3. The molecule has 1 atom stereocenters. The average molecular weight is 228 g/mol. The van der Waals surface area contributed by atoms with Gasteiger partial charge in [-0.25, -0.2) is 4.39 Å². The van der Waals surface area contributed by atoms with Gasteiger partial charge in [0.1, 0.15) is 5.82 Å². The van der Waals surface area contributed by atoms with Crippen LogP contribution in [0.25, 0.3) is 0 Å². The van der Waals surface area contributed by atoms with Crippen LogP contribution in [0.3, 0.4) is 0 Å². The Hall–Kier alpha value is -0.810. The minimum Gasteiger partial charge on any atom is -0.316 e.